The van der Waals surface area contributed by atoms with Crippen LogP contribution in [-0.4, -0.2) is 22.0 Å². The van der Waals surface area contributed by atoms with E-state index >= 15 is 0 Å². The topological polar surface area (TPSA) is 79.3 Å². The number of pyridine rings is 1. The Morgan fingerprint density at radius 3 is 2.50 bits per heavy atom. The number of hydrogen-bond acceptors (Lipinski definition) is 3. The second kappa shape index (κ2) is 11.5. The number of halogens is 1. The number of benzene rings is 3. The minimum absolute atomic E-state index is 0. The highest BCUT2D eigenvalue weighted by atomic mass is 35.5. The van der Waals surface area contributed by atoms with Crippen molar-refractivity contribution in [2.45, 2.75) is 45.4 Å². The van der Waals surface area contributed by atoms with E-state index in [2.05, 4.69) is 29.6 Å². The second-order valence-corrected chi connectivity index (χ2v) is 10.6. The van der Waals surface area contributed by atoms with Gasteiger partial charge < -0.3 is 10.4 Å². The summed E-state index contributed by atoms with van der Waals surface area (Å²) in [5.41, 5.74) is 8.91. The average Bonchev–Trinajstić information content (AvgIpc) is 3.20. The first kappa shape index (κ1) is 27.4. The number of carbonyl (C=O) groups is 2. The Kier molecular flexibility index (Phi) is 7.85. The second-order valence-electron chi connectivity index (χ2n) is 10.2. The van der Waals surface area contributed by atoms with Crippen molar-refractivity contribution in [1.82, 2.24) is 4.98 Å². The first-order valence-corrected chi connectivity index (χ1v) is 13.5. The van der Waals surface area contributed by atoms with Crippen molar-refractivity contribution in [3.8, 4) is 22.4 Å². The third-order valence-electron chi connectivity index (χ3n) is 7.64. The lowest BCUT2D eigenvalue weighted by molar-refractivity contribution is -0.136. The fraction of sp³-hybridized carbons (Fsp3) is 0.206. The molecule has 4 aromatic rings. The molecule has 2 heterocycles. The lowest BCUT2D eigenvalue weighted by Crippen LogP contribution is -2.10. The number of allylic oxidation sites excluding steroid dienone is 1. The van der Waals surface area contributed by atoms with Crippen LogP contribution in [0.25, 0.3) is 28.0 Å². The summed E-state index contributed by atoms with van der Waals surface area (Å²) in [7, 11) is 0. The smallest absolute Gasteiger partial charge is 0.307 e. The van der Waals surface area contributed by atoms with E-state index in [0.29, 0.717) is 28.6 Å². The number of rotatable bonds is 7. The Morgan fingerprint density at radius 1 is 0.975 bits per heavy atom. The zero-order valence-electron chi connectivity index (χ0n) is 21.3. The average molecular weight is 551 g/mol. The molecule has 6 heteroatoms. The molecular formula is C34H31ClN2O3. The molecule has 2 aliphatic rings. The highest BCUT2D eigenvalue weighted by Crippen LogP contribution is 2.42. The fourth-order valence-electron chi connectivity index (χ4n) is 5.41. The van der Waals surface area contributed by atoms with Crippen molar-refractivity contribution < 1.29 is 14.7 Å². The van der Waals surface area contributed by atoms with Gasteiger partial charge in [0.1, 0.15) is 0 Å². The molecule has 0 saturated heterocycles. The van der Waals surface area contributed by atoms with Crippen LogP contribution < -0.4 is 5.32 Å². The monoisotopic (exact) mass is 550 g/mol. The third kappa shape index (κ3) is 5.43. The molecule has 202 valence electrons. The molecule has 1 aliphatic heterocycles. The van der Waals surface area contributed by atoms with Crippen molar-refractivity contribution >= 4 is 34.7 Å². The number of amides is 1. The minimum atomic E-state index is -0.871. The van der Waals surface area contributed by atoms with Gasteiger partial charge in [-0.2, -0.15) is 0 Å². The van der Waals surface area contributed by atoms with Gasteiger partial charge in [-0.25, -0.2) is 0 Å². The number of carboxylic acids is 1. The maximum Gasteiger partial charge on any atom is 0.307 e. The normalized spacial score (nSPS) is 15.2. The number of nitrogens with one attached hydrogen (secondary N) is 1. The summed E-state index contributed by atoms with van der Waals surface area (Å²) in [5, 5.41) is 12.5. The van der Waals surface area contributed by atoms with Gasteiger partial charge in [-0.05, 0) is 60.1 Å². The highest BCUT2D eigenvalue weighted by Gasteiger charge is 2.26. The minimum Gasteiger partial charge on any atom is -0.481 e. The Bertz CT molecular complexity index is 1620. The number of fused-ring (bicyclic) bond motifs is 1. The largest absolute Gasteiger partial charge is 0.481 e. The molecule has 1 aliphatic carbocycles. The Hall–Kier alpha value is -4.22. The molecular weight excluding hydrogens is 520 g/mol. The van der Waals surface area contributed by atoms with Gasteiger partial charge >= 0.3 is 5.97 Å². The van der Waals surface area contributed by atoms with Crippen LogP contribution in [0.3, 0.4) is 0 Å². The SMILES string of the molecule is C.O=C(O)Cc1cccc(C/C=C2\C(=O)Nc3cc(Cl)c(-c4ccc(-c5ccccc5C5CCC5)nc4)cc32)c1. The molecule has 1 amide bonds. The van der Waals surface area contributed by atoms with E-state index in [-0.39, 0.29) is 19.8 Å². The first-order chi connectivity index (χ1) is 19.0. The van der Waals surface area contributed by atoms with Crippen molar-refractivity contribution in [1.29, 1.82) is 0 Å². The number of nitrogens with zero attached hydrogens (tertiary/aromatic N) is 1. The van der Waals surface area contributed by atoms with Gasteiger partial charge in [-0.15, -0.1) is 0 Å². The number of aromatic nitrogens is 1. The van der Waals surface area contributed by atoms with Crippen molar-refractivity contribution in [2.24, 2.45) is 0 Å². The summed E-state index contributed by atoms with van der Waals surface area (Å²) in [6.07, 6.45) is 7.96. The summed E-state index contributed by atoms with van der Waals surface area (Å²) in [4.78, 5) is 28.7. The van der Waals surface area contributed by atoms with Gasteiger partial charge in [0.15, 0.2) is 0 Å². The summed E-state index contributed by atoms with van der Waals surface area (Å²) >= 11 is 6.67. The number of anilines is 1. The quantitative estimate of drug-likeness (QED) is 0.227. The predicted molar refractivity (Wildman–Crippen MR) is 162 cm³/mol. The van der Waals surface area contributed by atoms with Crippen LogP contribution in [0.15, 0.2) is 85.1 Å². The van der Waals surface area contributed by atoms with Crippen LogP contribution in [-0.2, 0) is 22.4 Å². The molecule has 0 spiro atoms. The lowest BCUT2D eigenvalue weighted by atomic mass is 9.78. The summed E-state index contributed by atoms with van der Waals surface area (Å²) in [5.74, 6) is -0.436. The Labute approximate surface area is 239 Å². The van der Waals surface area contributed by atoms with Crippen LogP contribution in [0, 0.1) is 0 Å². The Balaban J connectivity index is 0.00000323. The molecule has 5 nitrogen and oxygen atoms in total. The van der Waals surface area contributed by atoms with Crippen LogP contribution in [0.5, 0.6) is 0 Å². The van der Waals surface area contributed by atoms with Crippen molar-refractivity contribution in [3.63, 3.8) is 0 Å². The molecule has 40 heavy (non-hydrogen) atoms. The molecule has 0 radical (unpaired) electrons. The van der Waals surface area contributed by atoms with E-state index in [1.165, 1.54) is 30.4 Å². The van der Waals surface area contributed by atoms with Gasteiger partial charge in [0.25, 0.3) is 5.91 Å². The maximum atomic E-state index is 12.8. The third-order valence-corrected chi connectivity index (χ3v) is 7.95. The lowest BCUT2D eigenvalue weighted by Gasteiger charge is -2.27. The number of aliphatic carboxylic acids is 1. The summed E-state index contributed by atoms with van der Waals surface area (Å²) < 4.78 is 0. The van der Waals surface area contributed by atoms with E-state index in [9.17, 15) is 9.59 Å². The van der Waals surface area contributed by atoms with E-state index in [4.69, 9.17) is 21.7 Å². The van der Waals surface area contributed by atoms with E-state index in [1.54, 1.807) is 12.1 Å². The van der Waals surface area contributed by atoms with E-state index in [1.807, 2.05) is 48.7 Å². The van der Waals surface area contributed by atoms with E-state index in [0.717, 1.165) is 33.5 Å². The molecule has 0 unspecified atom stereocenters. The maximum absolute atomic E-state index is 12.8. The van der Waals surface area contributed by atoms with Gasteiger partial charge in [-0.3, -0.25) is 14.6 Å². The zero-order chi connectivity index (χ0) is 26.9. The molecule has 0 atom stereocenters. The van der Waals surface area contributed by atoms with Gasteiger partial charge in [0.2, 0.25) is 0 Å². The predicted octanol–water partition coefficient (Wildman–Crippen LogP) is 8.18. The zero-order valence-corrected chi connectivity index (χ0v) is 22.0. The van der Waals surface area contributed by atoms with Crippen LogP contribution >= 0.6 is 11.6 Å². The fourth-order valence-corrected chi connectivity index (χ4v) is 5.69. The van der Waals surface area contributed by atoms with Gasteiger partial charge in [0.05, 0.1) is 22.8 Å². The van der Waals surface area contributed by atoms with Crippen LogP contribution in [0.4, 0.5) is 5.69 Å². The molecule has 3 aromatic carbocycles. The molecule has 1 aromatic heterocycles. The summed E-state index contributed by atoms with van der Waals surface area (Å²) in [6.45, 7) is 0. The molecule has 1 saturated carbocycles. The summed E-state index contributed by atoms with van der Waals surface area (Å²) in [6, 6.07) is 23.8. The van der Waals surface area contributed by atoms with Gasteiger partial charge in [0, 0.05) is 34.0 Å². The van der Waals surface area contributed by atoms with Gasteiger partial charge in [-0.1, -0.05) is 86.1 Å². The highest BCUT2D eigenvalue weighted by molar-refractivity contribution is 6.36. The number of carbonyl (C=O) groups excluding carboxylic acids is 1. The van der Waals surface area contributed by atoms with Crippen LogP contribution in [0.2, 0.25) is 5.02 Å². The van der Waals surface area contributed by atoms with Crippen molar-refractivity contribution in [2.75, 3.05) is 5.32 Å². The molecule has 1 fully saturated rings. The standard InChI is InChI=1S/C33H27ClN2O3.CH4/c34-29-18-31-28(26(33(39)36-31)13-11-20-5-3-6-21(15-20)16-32(37)38)17-27(29)23-12-14-30(35-19-23)25-10-2-1-9-24(25)22-7-4-8-22;/h1-3,5-6,9-10,12-15,17-19,22H,4,7-8,11,16H2,(H,36,39)(H,37,38);1H4/b26-13-;. The number of hydrogen-bond donors (Lipinski definition) is 2. The Morgan fingerprint density at radius 2 is 1.77 bits per heavy atom. The van der Waals surface area contributed by atoms with Crippen LogP contribution in [0.1, 0.15) is 54.9 Å². The number of carboxylic acid groups (broad SMARTS) is 1. The molecule has 2 N–H and O–H groups in total. The first-order valence-electron chi connectivity index (χ1n) is 13.2. The van der Waals surface area contributed by atoms with E-state index < -0.39 is 5.97 Å². The molecule has 6 rings (SSSR count). The molecule has 0 bridgehead atoms. The van der Waals surface area contributed by atoms with Crippen molar-refractivity contribution in [3.05, 3.63) is 112 Å².